The van der Waals surface area contributed by atoms with Crippen LogP contribution in [0.4, 0.5) is 0 Å². The molecule has 1 aliphatic heterocycles. The van der Waals surface area contributed by atoms with E-state index in [4.69, 9.17) is 0 Å². The molecule has 22 heavy (non-hydrogen) atoms. The van der Waals surface area contributed by atoms with Gasteiger partial charge in [-0.15, -0.1) is 0 Å². The number of amides is 1. The summed E-state index contributed by atoms with van der Waals surface area (Å²) in [6.07, 6.45) is 2.64. The van der Waals surface area contributed by atoms with E-state index in [9.17, 15) is 18.0 Å². The molecule has 0 unspecified atom stereocenters. The number of aryl methyl sites for hydroxylation is 1. The van der Waals surface area contributed by atoms with Gasteiger partial charge in [0.2, 0.25) is 10.0 Å². The molecule has 2 heterocycles. The molecule has 1 saturated heterocycles. The number of nitrogens with one attached hydrogen (secondary N) is 1. The lowest BCUT2D eigenvalue weighted by molar-refractivity contribution is 0.0934. The van der Waals surface area contributed by atoms with E-state index in [1.165, 1.54) is 29.7 Å². The summed E-state index contributed by atoms with van der Waals surface area (Å²) in [4.78, 5) is 23.2. The summed E-state index contributed by atoms with van der Waals surface area (Å²) in [7, 11) is -1.64. The summed E-state index contributed by atoms with van der Waals surface area (Å²) in [5.74, 6) is -0.0874. The number of carbonyl (C=O) groups excluding carboxylic acids is 1. The third kappa shape index (κ3) is 4.14. The maximum atomic E-state index is 12.0. The predicted molar refractivity (Wildman–Crippen MR) is 81.0 cm³/mol. The first kappa shape index (κ1) is 16.6. The minimum Gasteiger partial charge on any atom is -0.350 e. The van der Waals surface area contributed by atoms with Crippen molar-refractivity contribution in [1.82, 2.24) is 19.4 Å². The molecule has 0 bridgehead atoms. The van der Waals surface area contributed by atoms with Crippen LogP contribution in [0.25, 0.3) is 0 Å². The summed E-state index contributed by atoms with van der Waals surface area (Å²) in [5.41, 5.74) is -0.0830. The van der Waals surface area contributed by atoms with Crippen molar-refractivity contribution in [3.8, 4) is 0 Å². The van der Waals surface area contributed by atoms with Gasteiger partial charge in [0.15, 0.2) is 0 Å². The van der Waals surface area contributed by atoms with Gasteiger partial charge in [-0.2, -0.15) is 5.10 Å². The van der Waals surface area contributed by atoms with Crippen LogP contribution in [0, 0.1) is 5.92 Å². The lowest BCUT2D eigenvalue weighted by atomic mass is 9.98. The van der Waals surface area contributed by atoms with Crippen LogP contribution in [0.3, 0.4) is 0 Å². The maximum absolute atomic E-state index is 12.0. The Morgan fingerprint density at radius 1 is 1.36 bits per heavy atom. The molecule has 0 radical (unpaired) electrons. The number of piperidine rings is 1. The summed E-state index contributed by atoms with van der Waals surface area (Å²) in [6.45, 7) is 1.44. The van der Waals surface area contributed by atoms with Crippen molar-refractivity contribution < 1.29 is 13.2 Å². The Balaban J connectivity index is 1.85. The second-order valence-corrected chi connectivity index (χ2v) is 7.48. The molecular formula is C13H20N4O4S. The van der Waals surface area contributed by atoms with Crippen LogP contribution in [-0.4, -0.2) is 54.3 Å². The summed E-state index contributed by atoms with van der Waals surface area (Å²) < 4.78 is 25.4. The van der Waals surface area contributed by atoms with Crippen LogP contribution in [0.5, 0.6) is 0 Å². The van der Waals surface area contributed by atoms with E-state index in [-0.39, 0.29) is 23.1 Å². The number of sulfonamides is 1. The van der Waals surface area contributed by atoms with Gasteiger partial charge in [-0.3, -0.25) is 9.59 Å². The molecule has 0 aliphatic carbocycles. The second kappa shape index (κ2) is 6.57. The first-order valence-electron chi connectivity index (χ1n) is 7.05. The molecule has 1 N–H and O–H groups in total. The Bertz CT molecular complexity index is 705. The van der Waals surface area contributed by atoms with Crippen LogP contribution in [0.15, 0.2) is 16.9 Å². The van der Waals surface area contributed by atoms with E-state index in [0.29, 0.717) is 32.5 Å². The highest BCUT2D eigenvalue weighted by atomic mass is 32.2. The number of carbonyl (C=O) groups is 1. The number of hydrogen-bond donors (Lipinski definition) is 1. The Hall–Kier alpha value is -1.74. The Morgan fingerprint density at radius 2 is 2.00 bits per heavy atom. The van der Waals surface area contributed by atoms with Crippen LogP contribution in [0.2, 0.25) is 0 Å². The van der Waals surface area contributed by atoms with Gasteiger partial charge in [-0.1, -0.05) is 0 Å². The first-order chi connectivity index (χ1) is 10.3. The van der Waals surface area contributed by atoms with Gasteiger partial charge in [-0.05, 0) is 24.8 Å². The van der Waals surface area contributed by atoms with Gasteiger partial charge in [0.1, 0.15) is 5.69 Å². The first-order valence-corrected chi connectivity index (χ1v) is 8.90. The highest BCUT2D eigenvalue weighted by Gasteiger charge is 2.25. The SMILES string of the molecule is Cn1nc(C(=O)NCC2CCN(S(C)(=O)=O)CC2)ccc1=O. The van der Waals surface area contributed by atoms with Gasteiger partial charge in [0.25, 0.3) is 11.5 Å². The highest BCUT2D eigenvalue weighted by molar-refractivity contribution is 7.88. The van der Waals surface area contributed by atoms with E-state index >= 15 is 0 Å². The minimum absolute atomic E-state index is 0.190. The van der Waals surface area contributed by atoms with Gasteiger partial charge < -0.3 is 5.32 Å². The van der Waals surface area contributed by atoms with Crippen LogP contribution in [-0.2, 0) is 17.1 Å². The number of nitrogens with zero attached hydrogens (tertiary/aromatic N) is 3. The lowest BCUT2D eigenvalue weighted by Gasteiger charge is -2.30. The molecule has 1 aromatic heterocycles. The average molecular weight is 328 g/mol. The third-order valence-electron chi connectivity index (χ3n) is 3.79. The van der Waals surface area contributed by atoms with E-state index in [2.05, 4.69) is 10.4 Å². The summed E-state index contributed by atoms with van der Waals surface area (Å²) in [6, 6.07) is 2.69. The monoisotopic (exact) mass is 328 g/mol. The molecule has 1 aliphatic rings. The second-order valence-electron chi connectivity index (χ2n) is 5.50. The number of hydrogen-bond acceptors (Lipinski definition) is 5. The van der Waals surface area contributed by atoms with E-state index in [0.717, 1.165) is 4.68 Å². The van der Waals surface area contributed by atoms with Crippen LogP contribution < -0.4 is 10.9 Å². The summed E-state index contributed by atoms with van der Waals surface area (Å²) in [5, 5.41) is 6.67. The maximum Gasteiger partial charge on any atom is 0.271 e. The third-order valence-corrected chi connectivity index (χ3v) is 5.09. The van der Waals surface area contributed by atoms with Gasteiger partial charge in [0.05, 0.1) is 6.26 Å². The molecular weight excluding hydrogens is 308 g/mol. The summed E-state index contributed by atoms with van der Waals surface area (Å²) >= 11 is 0. The van der Waals surface area contributed by atoms with Gasteiger partial charge >= 0.3 is 0 Å². The largest absolute Gasteiger partial charge is 0.350 e. The molecule has 1 amide bonds. The van der Waals surface area contributed by atoms with Crippen molar-refractivity contribution in [1.29, 1.82) is 0 Å². The molecule has 122 valence electrons. The average Bonchev–Trinajstić information content (AvgIpc) is 2.47. The van der Waals surface area contributed by atoms with Crippen molar-refractivity contribution in [3.05, 3.63) is 28.2 Å². The van der Waals surface area contributed by atoms with E-state index < -0.39 is 10.0 Å². The van der Waals surface area contributed by atoms with Crippen molar-refractivity contribution in [2.75, 3.05) is 25.9 Å². The molecule has 0 spiro atoms. The van der Waals surface area contributed by atoms with Crippen molar-refractivity contribution in [2.24, 2.45) is 13.0 Å². The van der Waals surface area contributed by atoms with Crippen LogP contribution in [0.1, 0.15) is 23.3 Å². The Kier molecular flexibility index (Phi) is 4.97. The number of aromatic nitrogens is 2. The van der Waals surface area contributed by atoms with Crippen molar-refractivity contribution >= 4 is 15.9 Å². The zero-order valence-electron chi connectivity index (χ0n) is 12.7. The van der Waals surface area contributed by atoms with Gasteiger partial charge in [0, 0.05) is 32.7 Å². The zero-order chi connectivity index (χ0) is 16.3. The number of rotatable bonds is 4. The Morgan fingerprint density at radius 3 is 2.55 bits per heavy atom. The fourth-order valence-electron chi connectivity index (χ4n) is 2.40. The highest BCUT2D eigenvalue weighted by Crippen LogP contribution is 2.18. The van der Waals surface area contributed by atoms with Gasteiger partial charge in [-0.25, -0.2) is 17.4 Å². The zero-order valence-corrected chi connectivity index (χ0v) is 13.5. The standard InChI is InChI=1S/C13H20N4O4S/c1-16-12(18)4-3-11(15-16)13(19)14-9-10-5-7-17(8-6-10)22(2,20)21/h3-4,10H,5-9H2,1-2H3,(H,14,19). The topological polar surface area (TPSA) is 101 Å². The minimum atomic E-state index is -3.13. The normalized spacial score (nSPS) is 17.4. The van der Waals surface area contributed by atoms with E-state index in [1.807, 2.05) is 0 Å². The van der Waals surface area contributed by atoms with Crippen molar-refractivity contribution in [3.63, 3.8) is 0 Å². The fraction of sp³-hybridized carbons (Fsp3) is 0.615. The lowest BCUT2D eigenvalue weighted by Crippen LogP contribution is -2.41. The molecule has 1 fully saturated rings. The molecule has 1 aromatic rings. The molecule has 2 rings (SSSR count). The van der Waals surface area contributed by atoms with Crippen LogP contribution >= 0.6 is 0 Å². The Labute approximate surface area is 129 Å². The van der Waals surface area contributed by atoms with E-state index in [1.54, 1.807) is 0 Å². The molecule has 8 nitrogen and oxygen atoms in total. The molecule has 0 saturated carbocycles. The smallest absolute Gasteiger partial charge is 0.271 e. The molecule has 0 atom stereocenters. The predicted octanol–water partition coefficient (Wildman–Crippen LogP) is -0.818. The molecule has 9 heteroatoms. The molecule has 0 aromatic carbocycles. The quantitative estimate of drug-likeness (QED) is 0.778. The van der Waals surface area contributed by atoms with Crippen molar-refractivity contribution in [2.45, 2.75) is 12.8 Å². The fourth-order valence-corrected chi connectivity index (χ4v) is 3.27.